The third-order valence-corrected chi connectivity index (χ3v) is 4.66. The van der Waals surface area contributed by atoms with Gasteiger partial charge in [0, 0.05) is 10.8 Å². The summed E-state index contributed by atoms with van der Waals surface area (Å²) in [6, 6.07) is 16.2. The van der Waals surface area contributed by atoms with Crippen molar-refractivity contribution in [2.75, 3.05) is 0 Å². The summed E-state index contributed by atoms with van der Waals surface area (Å²) in [6.07, 6.45) is 0. The van der Waals surface area contributed by atoms with Crippen molar-refractivity contribution < 1.29 is 17.7 Å². The minimum Gasteiger partial charge on any atom is -0.507 e. The molecule has 0 radical (unpaired) electrons. The van der Waals surface area contributed by atoms with Crippen LogP contribution in [-0.2, 0) is 10.1 Å². The summed E-state index contributed by atoms with van der Waals surface area (Å²) in [5.41, 5.74) is 1.01. The van der Waals surface area contributed by atoms with Crippen LogP contribution in [0.3, 0.4) is 0 Å². The van der Waals surface area contributed by atoms with Crippen molar-refractivity contribution in [3.8, 4) is 11.5 Å². The highest BCUT2D eigenvalue weighted by molar-refractivity contribution is 7.87. The van der Waals surface area contributed by atoms with Crippen LogP contribution in [0.4, 0.5) is 0 Å². The molecule has 0 amide bonds. The smallest absolute Gasteiger partial charge is 0.339 e. The third kappa shape index (κ3) is 2.63. The van der Waals surface area contributed by atoms with E-state index in [4.69, 9.17) is 4.18 Å². The van der Waals surface area contributed by atoms with E-state index >= 15 is 0 Å². The maximum atomic E-state index is 12.5. The third-order valence-electron chi connectivity index (χ3n) is 3.36. The molecule has 5 heteroatoms. The molecule has 0 aromatic heterocycles. The normalized spacial score (nSPS) is 11.5. The van der Waals surface area contributed by atoms with E-state index in [-0.39, 0.29) is 16.4 Å². The van der Waals surface area contributed by atoms with Gasteiger partial charge < -0.3 is 9.29 Å². The molecule has 22 heavy (non-hydrogen) atoms. The Labute approximate surface area is 128 Å². The lowest BCUT2D eigenvalue weighted by Crippen LogP contribution is -2.10. The van der Waals surface area contributed by atoms with Gasteiger partial charge in [-0.1, -0.05) is 42.0 Å². The fraction of sp³-hybridized carbons (Fsp3) is 0.0588. The molecule has 0 aliphatic rings. The molecule has 0 unspecified atom stereocenters. The molecule has 0 bridgehead atoms. The fourth-order valence-corrected chi connectivity index (χ4v) is 3.39. The molecule has 0 heterocycles. The Hall–Kier alpha value is -2.53. The molecule has 3 aromatic rings. The second-order valence-corrected chi connectivity index (χ2v) is 6.49. The number of aromatic hydroxyl groups is 1. The van der Waals surface area contributed by atoms with Gasteiger partial charge >= 0.3 is 10.1 Å². The zero-order valence-corrected chi connectivity index (χ0v) is 12.7. The van der Waals surface area contributed by atoms with E-state index in [1.54, 1.807) is 48.5 Å². The zero-order valence-electron chi connectivity index (χ0n) is 11.9. The van der Waals surface area contributed by atoms with Gasteiger partial charge in [-0.05, 0) is 31.2 Å². The summed E-state index contributed by atoms with van der Waals surface area (Å²) in [4.78, 5) is 0.0291. The van der Waals surface area contributed by atoms with Gasteiger partial charge in [-0.3, -0.25) is 0 Å². The van der Waals surface area contributed by atoms with Gasteiger partial charge in [0.15, 0.2) is 0 Å². The number of phenols is 1. The number of aryl methyl sites for hydroxylation is 1. The predicted molar refractivity (Wildman–Crippen MR) is 84.6 cm³/mol. The van der Waals surface area contributed by atoms with Crippen LogP contribution in [0.5, 0.6) is 11.5 Å². The minimum atomic E-state index is -3.98. The maximum absolute atomic E-state index is 12.5. The summed E-state index contributed by atoms with van der Waals surface area (Å²) in [5, 5.41) is 10.7. The van der Waals surface area contributed by atoms with Crippen LogP contribution in [0.2, 0.25) is 0 Å². The molecule has 0 aliphatic heterocycles. The van der Waals surface area contributed by atoms with Gasteiger partial charge in [0.25, 0.3) is 0 Å². The topological polar surface area (TPSA) is 63.6 Å². The standard InChI is InChI=1S/C17H14O4S/c1-12-8-10-13(11-9-12)21-22(19,20)17-7-3-4-14-15(17)5-2-6-16(14)18/h2-11,18H,1H3. The molecule has 0 fully saturated rings. The molecule has 0 aliphatic carbocycles. The van der Waals surface area contributed by atoms with Gasteiger partial charge in [0.05, 0.1) is 0 Å². The summed E-state index contributed by atoms with van der Waals surface area (Å²) in [6.45, 7) is 1.91. The van der Waals surface area contributed by atoms with Crippen molar-refractivity contribution in [3.05, 3.63) is 66.2 Å². The van der Waals surface area contributed by atoms with Crippen LogP contribution in [0.15, 0.2) is 65.6 Å². The molecule has 0 atom stereocenters. The number of fused-ring (bicyclic) bond motifs is 1. The molecular weight excluding hydrogens is 300 g/mol. The molecule has 3 rings (SSSR count). The fourth-order valence-electron chi connectivity index (χ4n) is 2.25. The average Bonchev–Trinajstić information content (AvgIpc) is 2.49. The quantitative estimate of drug-likeness (QED) is 0.750. The van der Waals surface area contributed by atoms with E-state index in [2.05, 4.69) is 0 Å². The Morgan fingerprint density at radius 2 is 1.50 bits per heavy atom. The SMILES string of the molecule is Cc1ccc(OS(=O)(=O)c2cccc3c(O)cccc23)cc1. The number of benzene rings is 3. The van der Waals surface area contributed by atoms with E-state index in [0.29, 0.717) is 10.8 Å². The zero-order chi connectivity index (χ0) is 15.7. The van der Waals surface area contributed by atoms with Crippen LogP contribution >= 0.6 is 0 Å². The molecule has 1 N–H and O–H groups in total. The highest BCUT2D eigenvalue weighted by Crippen LogP contribution is 2.30. The Morgan fingerprint density at radius 3 is 2.23 bits per heavy atom. The largest absolute Gasteiger partial charge is 0.507 e. The van der Waals surface area contributed by atoms with Gasteiger partial charge in [-0.25, -0.2) is 0 Å². The predicted octanol–water partition coefficient (Wildman–Crippen LogP) is 3.62. The van der Waals surface area contributed by atoms with Gasteiger partial charge in [0.1, 0.15) is 16.4 Å². The maximum Gasteiger partial charge on any atom is 0.339 e. The molecule has 0 saturated carbocycles. The number of hydrogen-bond donors (Lipinski definition) is 1. The molecule has 4 nitrogen and oxygen atoms in total. The van der Waals surface area contributed by atoms with E-state index < -0.39 is 10.1 Å². The second kappa shape index (κ2) is 5.35. The van der Waals surface area contributed by atoms with Crippen molar-refractivity contribution in [2.24, 2.45) is 0 Å². The van der Waals surface area contributed by atoms with Crippen molar-refractivity contribution in [1.82, 2.24) is 0 Å². The molecule has 0 spiro atoms. The first-order chi connectivity index (χ1) is 10.5. The van der Waals surface area contributed by atoms with Gasteiger partial charge in [0.2, 0.25) is 0 Å². The molecular formula is C17H14O4S. The highest BCUT2D eigenvalue weighted by Gasteiger charge is 2.20. The first kappa shape index (κ1) is 14.4. The van der Waals surface area contributed by atoms with Crippen LogP contribution in [0.25, 0.3) is 10.8 Å². The molecule has 0 saturated heterocycles. The number of phenolic OH excluding ortho intramolecular Hbond substituents is 1. The summed E-state index contributed by atoms with van der Waals surface area (Å²) in [5.74, 6) is 0.285. The summed E-state index contributed by atoms with van der Waals surface area (Å²) < 4.78 is 30.2. The lowest BCUT2D eigenvalue weighted by molar-refractivity contribution is 0.481. The Morgan fingerprint density at radius 1 is 0.864 bits per heavy atom. The molecule has 3 aromatic carbocycles. The second-order valence-electron chi connectivity index (χ2n) is 4.98. The first-order valence-electron chi connectivity index (χ1n) is 6.69. The van der Waals surface area contributed by atoms with E-state index in [0.717, 1.165) is 5.56 Å². The van der Waals surface area contributed by atoms with Crippen LogP contribution < -0.4 is 4.18 Å². The van der Waals surface area contributed by atoms with Crippen molar-refractivity contribution in [2.45, 2.75) is 11.8 Å². The van der Waals surface area contributed by atoms with Crippen LogP contribution in [0, 0.1) is 6.92 Å². The van der Waals surface area contributed by atoms with Gasteiger partial charge in [-0.2, -0.15) is 8.42 Å². The van der Waals surface area contributed by atoms with E-state index in [9.17, 15) is 13.5 Å². The van der Waals surface area contributed by atoms with Crippen molar-refractivity contribution in [3.63, 3.8) is 0 Å². The monoisotopic (exact) mass is 314 g/mol. The Balaban J connectivity index is 2.09. The highest BCUT2D eigenvalue weighted by atomic mass is 32.2. The van der Waals surface area contributed by atoms with Crippen LogP contribution in [0.1, 0.15) is 5.56 Å². The summed E-state index contributed by atoms with van der Waals surface area (Å²) >= 11 is 0. The Bertz CT molecular complexity index is 929. The lowest BCUT2D eigenvalue weighted by atomic mass is 10.1. The lowest BCUT2D eigenvalue weighted by Gasteiger charge is -2.10. The molecule has 112 valence electrons. The average molecular weight is 314 g/mol. The Kier molecular flexibility index (Phi) is 3.50. The summed E-state index contributed by atoms with van der Waals surface area (Å²) in [7, 11) is -3.98. The van der Waals surface area contributed by atoms with E-state index in [1.807, 2.05) is 6.92 Å². The van der Waals surface area contributed by atoms with Crippen molar-refractivity contribution in [1.29, 1.82) is 0 Å². The van der Waals surface area contributed by atoms with Crippen molar-refractivity contribution >= 4 is 20.9 Å². The first-order valence-corrected chi connectivity index (χ1v) is 8.10. The number of rotatable bonds is 3. The van der Waals surface area contributed by atoms with Crippen LogP contribution in [-0.4, -0.2) is 13.5 Å². The van der Waals surface area contributed by atoms with E-state index in [1.165, 1.54) is 12.1 Å². The number of hydrogen-bond acceptors (Lipinski definition) is 4. The minimum absolute atomic E-state index is 0.0291. The van der Waals surface area contributed by atoms with Gasteiger partial charge in [-0.15, -0.1) is 0 Å².